The summed E-state index contributed by atoms with van der Waals surface area (Å²) in [4.78, 5) is 26.6. The van der Waals surface area contributed by atoms with Crippen molar-refractivity contribution in [1.29, 1.82) is 0 Å². The highest BCUT2D eigenvalue weighted by Crippen LogP contribution is 2.59. The van der Waals surface area contributed by atoms with Crippen LogP contribution in [0.5, 0.6) is 0 Å². The first-order valence-corrected chi connectivity index (χ1v) is 15.7. The Morgan fingerprint density at radius 2 is 2.10 bits per heavy atom. The van der Waals surface area contributed by atoms with Crippen molar-refractivity contribution in [3.05, 3.63) is 28.6 Å². The maximum absolute atomic E-state index is 13.3. The molecule has 0 amide bonds. The number of hydrogen-bond donors (Lipinski definition) is 7. The van der Waals surface area contributed by atoms with Gasteiger partial charge in [0.1, 0.15) is 30.0 Å². The van der Waals surface area contributed by atoms with E-state index in [1.807, 2.05) is 0 Å². The second-order valence-electron chi connectivity index (χ2n) is 9.26. The summed E-state index contributed by atoms with van der Waals surface area (Å²) in [5, 5.41) is 41.4. The molecule has 22 heteroatoms. The second kappa shape index (κ2) is 10.7. The molecule has 0 radical (unpaired) electrons. The van der Waals surface area contributed by atoms with E-state index in [4.69, 9.17) is 25.3 Å². The van der Waals surface area contributed by atoms with E-state index in [0.29, 0.717) is 11.3 Å². The number of nitrogens with two attached hydrogens (primary N) is 2. The highest BCUT2D eigenvalue weighted by molar-refractivity contribution is 8.44. The number of rotatable bonds is 8. The van der Waals surface area contributed by atoms with Crippen molar-refractivity contribution in [1.82, 2.24) is 44.5 Å². The number of H-pyrrole nitrogens is 1. The van der Waals surface area contributed by atoms with Gasteiger partial charge >= 0.3 is 6.80 Å². The second-order valence-corrected chi connectivity index (χ2v) is 13.5. The fourth-order valence-electron chi connectivity index (χ4n) is 4.70. The van der Waals surface area contributed by atoms with Gasteiger partial charge in [-0.3, -0.25) is 18.8 Å². The van der Waals surface area contributed by atoms with Gasteiger partial charge in [-0.15, -0.1) is 16.9 Å². The third-order valence-electron chi connectivity index (χ3n) is 6.65. The van der Waals surface area contributed by atoms with Crippen LogP contribution in [-0.2, 0) is 18.3 Å². The minimum absolute atomic E-state index is 0.00834. The van der Waals surface area contributed by atoms with Crippen LogP contribution < -0.4 is 17.0 Å². The number of aliphatic hydroxyl groups excluding tert-OH is 3. The van der Waals surface area contributed by atoms with Crippen LogP contribution >= 0.6 is 30.8 Å². The number of hydrogen-bond acceptors (Lipinski definition) is 17. The monoisotopic (exact) mass is 629 g/mol. The summed E-state index contributed by atoms with van der Waals surface area (Å²) in [6.45, 7) is -5.05. The predicted octanol–water partition coefficient (Wildman–Crippen LogP) is -1.59. The first-order chi connectivity index (χ1) is 19.6. The zero-order valence-electron chi connectivity index (χ0n) is 20.7. The molecule has 2 fully saturated rings. The van der Waals surface area contributed by atoms with E-state index < -0.39 is 60.1 Å². The molecule has 0 bridgehead atoms. The van der Waals surface area contributed by atoms with Crippen LogP contribution in [0.3, 0.4) is 0 Å². The lowest BCUT2D eigenvalue weighted by Gasteiger charge is -2.25. The molecule has 8 N–H and O–H groups in total. The Hall–Kier alpha value is -2.88. The Labute approximate surface area is 238 Å². The molecule has 2 aliphatic rings. The van der Waals surface area contributed by atoms with Gasteiger partial charge in [-0.1, -0.05) is 17.5 Å². The average Bonchev–Trinajstić information content (AvgIpc) is 3.69. The van der Waals surface area contributed by atoms with E-state index in [2.05, 4.69) is 47.6 Å². The topological polar surface area (TPSA) is 277 Å². The summed E-state index contributed by atoms with van der Waals surface area (Å²) in [7, 11) is 0. The van der Waals surface area contributed by atoms with E-state index in [1.54, 1.807) is 0 Å². The number of anilines is 2. The number of ether oxygens (including phenoxy) is 1. The highest BCUT2D eigenvalue weighted by atomic mass is 32.7. The van der Waals surface area contributed by atoms with E-state index in [-0.39, 0.29) is 36.0 Å². The molecular weight excluding hydrogens is 605 g/mol. The smallest absolute Gasteiger partial charge is 0.386 e. The number of nitrogen functional groups attached to an aromatic ring is 2. The van der Waals surface area contributed by atoms with E-state index in [0.717, 1.165) is 11.8 Å². The summed E-state index contributed by atoms with van der Waals surface area (Å²) in [5.41, 5.74) is 11.6. The van der Waals surface area contributed by atoms with E-state index in [9.17, 15) is 24.7 Å². The highest BCUT2D eigenvalue weighted by Gasteiger charge is 2.49. The largest absolute Gasteiger partial charge is 0.395 e. The van der Waals surface area contributed by atoms with Gasteiger partial charge in [0, 0.05) is 6.42 Å². The summed E-state index contributed by atoms with van der Waals surface area (Å²) in [6.07, 6.45) is -2.26. The standard InChI is InChI=1S/C19H24N11O8PS2/c20-14-16-22-2-6(29(16)24-5-23-14)8-1-7(32)9(37-8)4-36-39(35,40)38-13-12(33)10(3-31)41-18(13)30-15-11(27-28-30)17(34)26-19(21)25-15/h2,5,7-10,12-13,18,31-33H,1,3-4H2,(H,35,40)(H2,20,23,24)(H3,21,25,26,34)/t7-,8+,9+,10+,12+,13?,18+,39?/m0/s1. The molecule has 19 nitrogen and oxygen atoms in total. The normalized spacial score (nSPS) is 29.9. The molecule has 2 saturated heterocycles. The van der Waals surface area contributed by atoms with Gasteiger partial charge in [-0.25, -0.2) is 23.7 Å². The van der Waals surface area contributed by atoms with Gasteiger partial charge in [0.2, 0.25) is 5.95 Å². The quantitative estimate of drug-likeness (QED) is 0.0854. The number of nitrogens with one attached hydrogen (secondary N) is 1. The Balaban J connectivity index is 1.17. The Bertz CT molecular complexity index is 1700. The van der Waals surface area contributed by atoms with Crippen LogP contribution in [0.2, 0.25) is 0 Å². The third-order valence-corrected chi connectivity index (χ3v) is 9.79. The Kier molecular flexibility index (Phi) is 7.41. The van der Waals surface area contributed by atoms with Crippen LogP contribution in [0.15, 0.2) is 17.3 Å². The molecule has 8 atom stereocenters. The first kappa shape index (κ1) is 28.2. The van der Waals surface area contributed by atoms with Crippen LogP contribution in [-0.4, -0.2) is 103 Å². The summed E-state index contributed by atoms with van der Waals surface area (Å²) < 4.78 is 33.0. The number of nitrogens with zero attached hydrogens (tertiary/aromatic N) is 8. The zero-order valence-corrected chi connectivity index (χ0v) is 23.3. The van der Waals surface area contributed by atoms with Gasteiger partial charge in [0.15, 0.2) is 22.6 Å². The molecular formula is C19H24N11O8PS2. The summed E-state index contributed by atoms with van der Waals surface area (Å²) in [6, 6.07) is 0. The Morgan fingerprint density at radius 1 is 1.29 bits per heavy atom. The summed E-state index contributed by atoms with van der Waals surface area (Å²) >= 11 is 5.10. The van der Waals surface area contributed by atoms with Crippen molar-refractivity contribution in [3.8, 4) is 0 Å². The molecule has 0 saturated carbocycles. The number of fused-ring (bicyclic) bond motifs is 2. The minimum atomic E-state index is -4.22. The lowest BCUT2D eigenvalue weighted by molar-refractivity contribution is -0.0264. The Morgan fingerprint density at radius 3 is 2.88 bits per heavy atom. The first-order valence-electron chi connectivity index (χ1n) is 12.0. The van der Waals surface area contributed by atoms with Gasteiger partial charge in [0.25, 0.3) is 5.56 Å². The van der Waals surface area contributed by atoms with Crippen molar-refractivity contribution in [3.63, 3.8) is 0 Å². The fraction of sp³-hybridized carbons (Fsp3) is 0.526. The van der Waals surface area contributed by atoms with Crippen molar-refractivity contribution in [2.24, 2.45) is 0 Å². The molecule has 6 rings (SSSR count). The number of thiol groups is 1. The third kappa shape index (κ3) is 5.17. The fourth-order valence-corrected chi connectivity index (χ4v) is 7.64. The molecule has 0 spiro atoms. The van der Waals surface area contributed by atoms with Crippen molar-refractivity contribution >= 4 is 59.4 Å². The molecule has 0 aromatic carbocycles. The van der Waals surface area contributed by atoms with Crippen molar-refractivity contribution in [2.75, 3.05) is 24.7 Å². The van der Waals surface area contributed by atoms with Gasteiger partial charge in [-0.05, 0) is 0 Å². The number of aromatic amines is 1. The minimum Gasteiger partial charge on any atom is -0.395 e. The summed E-state index contributed by atoms with van der Waals surface area (Å²) in [5.74, 6) is -0.0148. The van der Waals surface area contributed by atoms with E-state index >= 15 is 0 Å². The van der Waals surface area contributed by atoms with Crippen LogP contribution in [0.4, 0.5) is 11.8 Å². The maximum atomic E-state index is 13.3. The lowest BCUT2D eigenvalue weighted by atomic mass is 10.1. The molecule has 41 heavy (non-hydrogen) atoms. The van der Waals surface area contributed by atoms with E-state index in [1.165, 1.54) is 21.7 Å². The SMILES string of the molecule is Nc1nc2c(nnn2[C@@H]2S[C@H](CO)[C@@H](O)C2OP(=O)(S)OC[C@H]2O[C@@H](c3cnc4c(N)ncnn34)C[C@@H]2O)c(=O)[nH]1. The number of thioether (sulfide) groups is 1. The maximum Gasteiger partial charge on any atom is 0.386 e. The van der Waals surface area contributed by atoms with Gasteiger partial charge in [0.05, 0.1) is 42.6 Å². The molecule has 6 heterocycles. The number of imidazole rings is 1. The van der Waals surface area contributed by atoms with Gasteiger partial charge in [-0.2, -0.15) is 10.1 Å². The lowest BCUT2D eigenvalue weighted by Crippen LogP contribution is -2.35. The van der Waals surface area contributed by atoms with Crippen molar-refractivity contribution in [2.45, 2.75) is 47.6 Å². The molecule has 220 valence electrons. The number of aliphatic hydroxyl groups is 3. The molecule has 4 aromatic heterocycles. The molecule has 4 aromatic rings. The molecule has 0 aliphatic carbocycles. The zero-order chi connectivity index (χ0) is 29.1. The average molecular weight is 630 g/mol. The predicted molar refractivity (Wildman–Crippen MR) is 145 cm³/mol. The molecule has 2 aliphatic heterocycles. The molecule has 2 unspecified atom stereocenters. The van der Waals surface area contributed by atoms with Crippen molar-refractivity contribution < 1.29 is 33.7 Å². The van der Waals surface area contributed by atoms with Crippen LogP contribution in [0, 0.1) is 0 Å². The van der Waals surface area contributed by atoms with Gasteiger partial charge < -0.3 is 31.5 Å². The number of aromatic nitrogens is 9. The van der Waals surface area contributed by atoms with Crippen LogP contribution in [0.1, 0.15) is 23.6 Å². The van der Waals surface area contributed by atoms with Crippen LogP contribution in [0.25, 0.3) is 16.8 Å².